The molecular weight excluding hydrogens is 264 g/mol. The van der Waals surface area contributed by atoms with E-state index in [1.165, 1.54) is 5.56 Å². The zero-order valence-electron chi connectivity index (χ0n) is 11.8. The lowest BCUT2D eigenvalue weighted by atomic mass is 10.1. The first-order chi connectivity index (χ1) is 10.3. The predicted octanol–water partition coefficient (Wildman–Crippen LogP) is 2.98. The number of aryl methyl sites for hydroxylation is 1. The first-order valence-electron chi connectivity index (χ1n) is 6.80. The minimum absolute atomic E-state index is 0.510. The van der Waals surface area contributed by atoms with Crippen LogP contribution in [0, 0.1) is 6.92 Å². The highest BCUT2D eigenvalue weighted by atomic mass is 16.4. The fraction of sp³-hybridized carbons (Fsp3) is 0.188. The van der Waals surface area contributed by atoms with Crippen LogP contribution in [0.15, 0.2) is 53.2 Å². The first kappa shape index (κ1) is 13.3. The Bertz CT molecular complexity index is 709. The number of benzene rings is 1. The number of anilines is 1. The molecule has 2 heterocycles. The van der Waals surface area contributed by atoms with Crippen LogP contribution in [-0.2, 0) is 13.0 Å². The van der Waals surface area contributed by atoms with E-state index in [4.69, 9.17) is 4.42 Å². The summed E-state index contributed by atoms with van der Waals surface area (Å²) in [5.41, 5.74) is 1.19. The third kappa shape index (κ3) is 3.66. The Morgan fingerprint density at radius 3 is 2.71 bits per heavy atom. The minimum Gasteiger partial charge on any atom is -0.444 e. The van der Waals surface area contributed by atoms with E-state index in [9.17, 15) is 0 Å². The molecule has 3 aromatic rings. The smallest absolute Gasteiger partial charge is 0.213 e. The summed E-state index contributed by atoms with van der Waals surface area (Å²) >= 11 is 0. The molecule has 0 unspecified atom stereocenters. The molecule has 0 radical (unpaired) electrons. The number of aromatic nitrogens is 3. The van der Waals surface area contributed by atoms with E-state index in [1.54, 1.807) is 12.4 Å². The molecule has 0 bridgehead atoms. The third-order valence-electron chi connectivity index (χ3n) is 3.00. The van der Waals surface area contributed by atoms with Gasteiger partial charge in [0.15, 0.2) is 0 Å². The highest BCUT2D eigenvalue weighted by molar-refractivity contribution is 5.33. The average molecular weight is 280 g/mol. The molecule has 1 aromatic carbocycles. The highest BCUT2D eigenvalue weighted by Crippen LogP contribution is 2.09. The zero-order chi connectivity index (χ0) is 14.5. The van der Waals surface area contributed by atoms with Gasteiger partial charge in [-0.25, -0.2) is 15.0 Å². The maximum atomic E-state index is 5.41. The van der Waals surface area contributed by atoms with Gasteiger partial charge in [0.1, 0.15) is 17.4 Å². The SMILES string of the molecule is Cc1cnc(CNc2ccnc(Cc3ccccc3)n2)o1. The van der Waals surface area contributed by atoms with Gasteiger partial charge >= 0.3 is 0 Å². The predicted molar refractivity (Wildman–Crippen MR) is 79.8 cm³/mol. The van der Waals surface area contributed by atoms with Gasteiger partial charge in [-0.05, 0) is 18.6 Å². The van der Waals surface area contributed by atoms with Crippen LogP contribution in [0.25, 0.3) is 0 Å². The first-order valence-corrected chi connectivity index (χ1v) is 6.80. The number of rotatable bonds is 5. The van der Waals surface area contributed by atoms with Crippen molar-refractivity contribution in [2.75, 3.05) is 5.32 Å². The van der Waals surface area contributed by atoms with Gasteiger partial charge in [0.2, 0.25) is 5.89 Å². The average Bonchev–Trinajstić information content (AvgIpc) is 2.92. The lowest BCUT2D eigenvalue weighted by Crippen LogP contribution is -2.04. The van der Waals surface area contributed by atoms with Gasteiger partial charge in [-0.15, -0.1) is 0 Å². The summed E-state index contributed by atoms with van der Waals surface area (Å²) in [6.45, 7) is 2.38. The van der Waals surface area contributed by atoms with Crippen LogP contribution in [0.4, 0.5) is 5.82 Å². The third-order valence-corrected chi connectivity index (χ3v) is 3.00. The van der Waals surface area contributed by atoms with Crippen molar-refractivity contribution < 1.29 is 4.42 Å². The highest BCUT2D eigenvalue weighted by Gasteiger charge is 2.03. The molecule has 0 spiro atoms. The number of hydrogen-bond acceptors (Lipinski definition) is 5. The summed E-state index contributed by atoms with van der Waals surface area (Å²) in [5.74, 6) is 3.01. The number of oxazole rings is 1. The Morgan fingerprint density at radius 2 is 1.95 bits per heavy atom. The van der Waals surface area contributed by atoms with Crippen LogP contribution >= 0.6 is 0 Å². The molecule has 0 saturated carbocycles. The molecule has 1 N–H and O–H groups in total. The van der Waals surface area contributed by atoms with E-state index >= 15 is 0 Å². The topological polar surface area (TPSA) is 63.8 Å². The van der Waals surface area contributed by atoms with Crippen molar-refractivity contribution in [3.63, 3.8) is 0 Å². The number of nitrogens with one attached hydrogen (secondary N) is 1. The fourth-order valence-corrected chi connectivity index (χ4v) is 2.01. The van der Waals surface area contributed by atoms with E-state index in [0.717, 1.165) is 17.4 Å². The van der Waals surface area contributed by atoms with Crippen LogP contribution in [0.1, 0.15) is 23.0 Å². The van der Waals surface area contributed by atoms with Gasteiger partial charge in [-0.3, -0.25) is 0 Å². The van der Waals surface area contributed by atoms with Gasteiger partial charge in [0.25, 0.3) is 0 Å². The molecule has 0 saturated heterocycles. The summed E-state index contributed by atoms with van der Waals surface area (Å²) in [6, 6.07) is 12.0. The van der Waals surface area contributed by atoms with E-state index in [-0.39, 0.29) is 0 Å². The molecule has 0 aliphatic rings. The lowest BCUT2D eigenvalue weighted by molar-refractivity contribution is 0.478. The lowest BCUT2D eigenvalue weighted by Gasteiger charge is -2.05. The Kier molecular flexibility index (Phi) is 3.91. The van der Waals surface area contributed by atoms with E-state index < -0.39 is 0 Å². The normalized spacial score (nSPS) is 10.5. The van der Waals surface area contributed by atoms with Crippen LogP contribution in [0.5, 0.6) is 0 Å². The molecule has 0 atom stereocenters. The summed E-state index contributed by atoms with van der Waals surface area (Å²) in [6.07, 6.45) is 4.18. The standard InChI is InChI=1S/C16H16N4O/c1-12-10-19-16(21-12)11-18-14-7-8-17-15(20-14)9-13-5-3-2-4-6-13/h2-8,10H,9,11H2,1H3,(H,17,18,20). The molecule has 0 aliphatic carbocycles. The maximum absolute atomic E-state index is 5.41. The van der Waals surface area contributed by atoms with Gasteiger partial charge in [0.05, 0.1) is 12.7 Å². The van der Waals surface area contributed by atoms with Crippen molar-refractivity contribution in [3.05, 3.63) is 71.8 Å². The quantitative estimate of drug-likeness (QED) is 0.778. The fourth-order valence-electron chi connectivity index (χ4n) is 2.01. The van der Waals surface area contributed by atoms with Gasteiger partial charge < -0.3 is 9.73 Å². The van der Waals surface area contributed by atoms with Gasteiger partial charge in [0, 0.05) is 12.6 Å². The number of nitrogens with zero attached hydrogens (tertiary/aromatic N) is 3. The Morgan fingerprint density at radius 1 is 1.10 bits per heavy atom. The van der Waals surface area contributed by atoms with Crippen molar-refractivity contribution in [3.8, 4) is 0 Å². The molecule has 0 fully saturated rings. The van der Waals surface area contributed by atoms with Crippen molar-refractivity contribution in [1.82, 2.24) is 15.0 Å². The minimum atomic E-state index is 0.510. The number of hydrogen-bond donors (Lipinski definition) is 1. The molecule has 0 aliphatic heterocycles. The summed E-state index contributed by atoms with van der Waals surface area (Å²) in [4.78, 5) is 13.0. The Balaban J connectivity index is 1.65. The second-order valence-electron chi connectivity index (χ2n) is 4.74. The van der Waals surface area contributed by atoms with E-state index in [2.05, 4.69) is 32.4 Å². The van der Waals surface area contributed by atoms with Crippen LogP contribution in [0.3, 0.4) is 0 Å². The summed E-state index contributed by atoms with van der Waals surface area (Å²) < 4.78 is 5.41. The van der Waals surface area contributed by atoms with E-state index in [0.29, 0.717) is 18.9 Å². The summed E-state index contributed by atoms with van der Waals surface area (Å²) in [7, 11) is 0. The monoisotopic (exact) mass is 280 g/mol. The van der Waals surface area contributed by atoms with Gasteiger partial charge in [-0.2, -0.15) is 0 Å². The van der Waals surface area contributed by atoms with Crippen molar-refractivity contribution in [2.45, 2.75) is 19.9 Å². The second-order valence-corrected chi connectivity index (χ2v) is 4.74. The Hall–Kier alpha value is -2.69. The Labute approximate surface area is 123 Å². The largest absolute Gasteiger partial charge is 0.444 e. The van der Waals surface area contributed by atoms with Gasteiger partial charge in [-0.1, -0.05) is 30.3 Å². The van der Waals surface area contributed by atoms with Crippen molar-refractivity contribution >= 4 is 5.82 Å². The van der Waals surface area contributed by atoms with Crippen molar-refractivity contribution in [2.24, 2.45) is 0 Å². The molecular formula is C16H16N4O. The molecule has 2 aromatic heterocycles. The molecule has 3 rings (SSSR count). The molecule has 0 amide bonds. The molecule has 5 nitrogen and oxygen atoms in total. The molecule has 5 heteroatoms. The van der Waals surface area contributed by atoms with Crippen molar-refractivity contribution in [1.29, 1.82) is 0 Å². The molecule has 21 heavy (non-hydrogen) atoms. The summed E-state index contributed by atoms with van der Waals surface area (Å²) in [5, 5.41) is 3.19. The van der Waals surface area contributed by atoms with Crippen LogP contribution < -0.4 is 5.32 Å². The maximum Gasteiger partial charge on any atom is 0.213 e. The zero-order valence-corrected chi connectivity index (χ0v) is 11.8. The van der Waals surface area contributed by atoms with Crippen LogP contribution in [0.2, 0.25) is 0 Å². The van der Waals surface area contributed by atoms with Crippen LogP contribution in [-0.4, -0.2) is 15.0 Å². The molecule has 106 valence electrons. The second kappa shape index (κ2) is 6.17. The van der Waals surface area contributed by atoms with E-state index in [1.807, 2.05) is 31.2 Å².